The van der Waals surface area contributed by atoms with E-state index in [1.165, 1.54) is 12.1 Å². The molecule has 114 valence electrons. The van der Waals surface area contributed by atoms with Crippen LogP contribution < -0.4 is 10.7 Å². The lowest BCUT2D eigenvalue weighted by Crippen LogP contribution is -2.26. The van der Waals surface area contributed by atoms with Gasteiger partial charge in [0, 0.05) is 5.69 Å². The van der Waals surface area contributed by atoms with Gasteiger partial charge in [-0.3, -0.25) is 4.79 Å². The number of nitrogens with zero attached hydrogens (tertiary/aromatic N) is 1. The summed E-state index contributed by atoms with van der Waals surface area (Å²) in [4.78, 5) is 11.8. The van der Waals surface area contributed by atoms with Crippen LogP contribution in [-0.4, -0.2) is 18.2 Å². The van der Waals surface area contributed by atoms with E-state index in [9.17, 15) is 9.18 Å². The standard InChI is InChI=1S/C17H18FN3O/c1-12-4-3-5-16(10-12)19-11-17(22)21-20-13(2)14-6-8-15(18)9-7-14/h3-10,19H,11H2,1-2H3,(H,21,22)/b20-13+. The summed E-state index contributed by atoms with van der Waals surface area (Å²) in [5.74, 6) is -0.550. The van der Waals surface area contributed by atoms with Gasteiger partial charge in [-0.25, -0.2) is 9.82 Å². The molecule has 2 rings (SSSR count). The first-order chi connectivity index (χ1) is 10.5. The lowest BCUT2D eigenvalue weighted by molar-refractivity contribution is -0.119. The van der Waals surface area contributed by atoms with Crippen molar-refractivity contribution in [2.75, 3.05) is 11.9 Å². The summed E-state index contributed by atoms with van der Waals surface area (Å²) in [7, 11) is 0. The van der Waals surface area contributed by atoms with Crippen molar-refractivity contribution in [3.8, 4) is 0 Å². The van der Waals surface area contributed by atoms with E-state index in [0.717, 1.165) is 16.8 Å². The number of carbonyl (C=O) groups is 1. The van der Waals surface area contributed by atoms with Gasteiger partial charge in [0.1, 0.15) is 5.82 Å². The third-order valence-electron chi connectivity index (χ3n) is 3.08. The van der Waals surface area contributed by atoms with E-state index < -0.39 is 0 Å². The second-order valence-corrected chi connectivity index (χ2v) is 4.96. The summed E-state index contributed by atoms with van der Waals surface area (Å²) in [5.41, 5.74) is 5.85. The lowest BCUT2D eigenvalue weighted by atomic mass is 10.1. The molecular formula is C17H18FN3O. The zero-order valence-electron chi connectivity index (χ0n) is 12.6. The van der Waals surface area contributed by atoms with Crippen molar-refractivity contribution >= 4 is 17.3 Å². The highest BCUT2D eigenvalue weighted by molar-refractivity contribution is 5.99. The molecule has 0 aromatic heterocycles. The Kier molecular flexibility index (Phi) is 5.25. The van der Waals surface area contributed by atoms with Crippen molar-refractivity contribution < 1.29 is 9.18 Å². The number of hydrazone groups is 1. The number of halogens is 1. The SMILES string of the molecule is C/C(=N\NC(=O)CNc1cccc(C)c1)c1ccc(F)cc1. The number of nitrogens with one attached hydrogen (secondary N) is 2. The smallest absolute Gasteiger partial charge is 0.259 e. The topological polar surface area (TPSA) is 53.5 Å². The fraction of sp³-hybridized carbons (Fsp3) is 0.176. The molecule has 0 bridgehead atoms. The van der Waals surface area contributed by atoms with E-state index in [0.29, 0.717) is 5.71 Å². The van der Waals surface area contributed by atoms with Crippen LogP contribution in [-0.2, 0) is 4.79 Å². The molecule has 0 aliphatic carbocycles. The first-order valence-corrected chi connectivity index (χ1v) is 6.94. The fourth-order valence-corrected chi connectivity index (χ4v) is 1.88. The number of anilines is 1. The largest absolute Gasteiger partial charge is 0.376 e. The van der Waals surface area contributed by atoms with Gasteiger partial charge in [0.25, 0.3) is 5.91 Å². The molecule has 2 aromatic rings. The Balaban J connectivity index is 1.86. The van der Waals surface area contributed by atoms with Crippen LogP contribution in [0.4, 0.5) is 10.1 Å². The summed E-state index contributed by atoms with van der Waals surface area (Å²) >= 11 is 0. The van der Waals surface area contributed by atoms with E-state index in [-0.39, 0.29) is 18.3 Å². The zero-order valence-corrected chi connectivity index (χ0v) is 12.6. The molecule has 1 amide bonds. The average Bonchev–Trinajstić information content (AvgIpc) is 2.51. The number of aryl methyl sites for hydroxylation is 1. The Hall–Kier alpha value is -2.69. The quantitative estimate of drug-likeness (QED) is 0.658. The number of carbonyl (C=O) groups excluding carboxylic acids is 1. The Morgan fingerprint density at radius 3 is 2.59 bits per heavy atom. The van der Waals surface area contributed by atoms with Crippen LogP contribution in [0.1, 0.15) is 18.1 Å². The number of rotatable bonds is 5. The van der Waals surface area contributed by atoms with Gasteiger partial charge in [-0.1, -0.05) is 24.3 Å². The molecule has 0 atom stereocenters. The maximum Gasteiger partial charge on any atom is 0.259 e. The molecular weight excluding hydrogens is 281 g/mol. The van der Waals surface area contributed by atoms with E-state index in [2.05, 4.69) is 15.8 Å². The molecule has 0 spiro atoms. The summed E-state index contributed by atoms with van der Waals surface area (Å²) in [6, 6.07) is 13.7. The Labute approximate surface area is 129 Å². The first kappa shape index (κ1) is 15.7. The molecule has 0 saturated heterocycles. The van der Waals surface area contributed by atoms with Crippen molar-refractivity contribution in [3.63, 3.8) is 0 Å². The maximum atomic E-state index is 12.8. The monoisotopic (exact) mass is 299 g/mol. The minimum atomic E-state index is -0.303. The third kappa shape index (κ3) is 4.70. The number of hydrogen-bond donors (Lipinski definition) is 2. The molecule has 5 heteroatoms. The Morgan fingerprint density at radius 1 is 1.18 bits per heavy atom. The fourth-order valence-electron chi connectivity index (χ4n) is 1.88. The van der Waals surface area contributed by atoms with Crippen LogP contribution in [0.5, 0.6) is 0 Å². The van der Waals surface area contributed by atoms with E-state index in [4.69, 9.17) is 0 Å². The van der Waals surface area contributed by atoms with Crippen molar-refractivity contribution in [2.24, 2.45) is 5.10 Å². The summed E-state index contributed by atoms with van der Waals surface area (Å²) in [6.45, 7) is 3.87. The molecule has 0 heterocycles. The zero-order chi connectivity index (χ0) is 15.9. The van der Waals surface area contributed by atoms with Gasteiger partial charge in [-0.15, -0.1) is 0 Å². The Morgan fingerprint density at radius 2 is 1.91 bits per heavy atom. The van der Waals surface area contributed by atoms with Crippen LogP contribution in [0.15, 0.2) is 53.6 Å². The normalized spacial score (nSPS) is 11.1. The van der Waals surface area contributed by atoms with Crippen LogP contribution >= 0.6 is 0 Å². The second kappa shape index (κ2) is 7.36. The van der Waals surface area contributed by atoms with Gasteiger partial charge in [0.15, 0.2) is 0 Å². The van der Waals surface area contributed by atoms with Crippen LogP contribution in [0.25, 0.3) is 0 Å². The van der Waals surface area contributed by atoms with E-state index in [1.807, 2.05) is 31.2 Å². The lowest BCUT2D eigenvalue weighted by Gasteiger charge is -2.06. The Bertz CT molecular complexity index is 681. The van der Waals surface area contributed by atoms with Crippen molar-refractivity contribution in [3.05, 3.63) is 65.5 Å². The molecule has 0 aliphatic heterocycles. The van der Waals surface area contributed by atoms with Crippen molar-refractivity contribution in [1.82, 2.24) is 5.43 Å². The minimum absolute atomic E-state index is 0.129. The summed E-state index contributed by atoms with van der Waals surface area (Å²) < 4.78 is 12.8. The molecule has 2 N–H and O–H groups in total. The van der Waals surface area contributed by atoms with Gasteiger partial charge < -0.3 is 5.32 Å². The van der Waals surface area contributed by atoms with Gasteiger partial charge >= 0.3 is 0 Å². The van der Waals surface area contributed by atoms with Gasteiger partial charge in [0.2, 0.25) is 0 Å². The predicted molar refractivity (Wildman–Crippen MR) is 86.4 cm³/mol. The maximum absolute atomic E-state index is 12.8. The van der Waals surface area contributed by atoms with Crippen molar-refractivity contribution in [1.29, 1.82) is 0 Å². The van der Waals surface area contributed by atoms with Crippen molar-refractivity contribution in [2.45, 2.75) is 13.8 Å². The van der Waals surface area contributed by atoms with E-state index in [1.54, 1.807) is 19.1 Å². The van der Waals surface area contributed by atoms with Crippen LogP contribution in [0.3, 0.4) is 0 Å². The minimum Gasteiger partial charge on any atom is -0.376 e. The average molecular weight is 299 g/mol. The molecule has 0 aliphatic rings. The van der Waals surface area contributed by atoms with Gasteiger partial charge in [0.05, 0.1) is 12.3 Å². The highest BCUT2D eigenvalue weighted by Gasteiger charge is 2.02. The molecule has 0 unspecified atom stereocenters. The van der Waals surface area contributed by atoms with Gasteiger partial charge in [-0.05, 0) is 49.2 Å². The molecule has 4 nitrogen and oxygen atoms in total. The van der Waals surface area contributed by atoms with Gasteiger partial charge in [-0.2, -0.15) is 5.10 Å². The molecule has 0 fully saturated rings. The molecule has 0 saturated carbocycles. The van der Waals surface area contributed by atoms with E-state index >= 15 is 0 Å². The molecule has 0 radical (unpaired) electrons. The molecule has 22 heavy (non-hydrogen) atoms. The summed E-state index contributed by atoms with van der Waals surface area (Å²) in [6.07, 6.45) is 0. The summed E-state index contributed by atoms with van der Waals surface area (Å²) in [5, 5.41) is 7.03. The number of benzene rings is 2. The first-order valence-electron chi connectivity index (χ1n) is 6.94. The highest BCUT2D eigenvalue weighted by atomic mass is 19.1. The van der Waals surface area contributed by atoms with Crippen LogP contribution in [0, 0.1) is 12.7 Å². The molecule has 2 aromatic carbocycles. The predicted octanol–water partition coefficient (Wildman–Crippen LogP) is 3.09. The number of hydrogen-bond acceptors (Lipinski definition) is 3. The second-order valence-electron chi connectivity index (χ2n) is 4.96. The number of amides is 1. The van der Waals surface area contributed by atoms with Crippen LogP contribution in [0.2, 0.25) is 0 Å². The third-order valence-corrected chi connectivity index (χ3v) is 3.08. The highest BCUT2D eigenvalue weighted by Crippen LogP contribution is 2.08.